The van der Waals surface area contributed by atoms with Gasteiger partial charge in [-0.1, -0.05) is 0 Å². The van der Waals surface area contributed by atoms with Crippen LogP contribution in [-0.2, 0) is 5.75 Å². The Labute approximate surface area is 176 Å². The Bertz CT molecular complexity index is 1020. The molecule has 30 heavy (non-hydrogen) atoms. The first-order valence-electron chi connectivity index (χ1n) is 9.21. The third-order valence-corrected chi connectivity index (χ3v) is 4.70. The molecule has 0 radical (unpaired) electrons. The minimum absolute atomic E-state index is 0.0735. The van der Waals surface area contributed by atoms with Crippen LogP contribution in [0.4, 0.5) is 24.8 Å². The number of benzene rings is 2. The number of hydrogen-bond acceptors (Lipinski definition) is 6. The molecular weight excluding hydrogens is 413 g/mol. The maximum Gasteiger partial charge on any atom is 0.227 e. The molecule has 0 aliphatic rings. The Morgan fingerprint density at radius 2 is 1.93 bits per heavy atom. The van der Waals surface area contributed by atoms with Crippen LogP contribution in [-0.4, -0.2) is 29.4 Å². The van der Waals surface area contributed by atoms with Crippen molar-refractivity contribution >= 4 is 23.4 Å². The lowest BCUT2D eigenvalue weighted by Crippen LogP contribution is -2.07. The van der Waals surface area contributed by atoms with Crippen LogP contribution in [0.25, 0.3) is 11.3 Å². The number of anilines is 2. The van der Waals surface area contributed by atoms with Gasteiger partial charge in [0, 0.05) is 29.1 Å². The summed E-state index contributed by atoms with van der Waals surface area (Å²) in [4.78, 5) is 8.02. The molecule has 0 bridgehead atoms. The molecule has 1 aromatic heterocycles. The molecule has 0 aliphatic heterocycles. The summed E-state index contributed by atoms with van der Waals surface area (Å²) < 4.78 is 47.2. The highest BCUT2D eigenvalue weighted by Gasteiger charge is 2.15. The fourth-order valence-electron chi connectivity index (χ4n) is 2.77. The monoisotopic (exact) mass is 434 g/mol. The number of nitrogens with zero attached hydrogens (tertiary/aromatic N) is 2. The summed E-state index contributed by atoms with van der Waals surface area (Å²) in [7, 11) is 0. The van der Waals surface area contributed by atoms with Gasteiger partial charge >= 0.3 is 0 Å². The number of halogens is 3. The number of aromatic nitrogens is 2. The van der Waals surface area contributed by atoms with E-state index in [1.54, 1.807) is 17.8 Å². The van der Waals surface area contributed by atoms with Gasteiger partial charge in [-0.3, -0.25) is 0 Å². The van der Waals surface area contributed by atoms with Crippen molar-refractivity contribution in [1.29, 1.82) is 0 Å². The summed E-state index contributed by atoms with van der Waals surface area (Å²) in [6.07, 6.45) is 3.66. The van der Waals surface area contributed by atoms with E-state index in [0.29, 0.717) is 30.7 Å². The summed E-state index contributed by atoms with van der Waals surface area (Å²) in [6.45, 7) is 1.02. The molecule has 9 heteroatoms. The highest BCUT2D eigenvalue weighted by molar-refractivity contribution is 7.97. The Kier molecular flexibility index (Phi) is 7.53. The number of ether oxygens (including phenoxy) is 1. The molecule has 1 heterocycles. The zero-order valence-electron chi connectivity index (χ0n) is 16.3. The van der Waals surface area contributed by atoms with Crippen LogP contribution in [0.1, 0.15) is 12.0 Å². The van der Waals surface area contributed by atoms with E-state index in [2.05, 4.69) is 15.3 Å². The molecule has 3 rings (SSSR count). The van der Waals surface area contributed by atoms with Gasteiger partial charge in [0.15, 0.2) is 5.82 Å². The quantitative estimate of drug-likeness (QED) is 0.467. The Morgan fingerprint density at radius 3 is 2.67 bits per heavy atom. The van der Waals surface area contributed by atoms with Crippen LogP contribution in [0.15, 0.2) is 42.6 Å². The number of rotatable bonds is 9. The first-order valence-corrected chi connectivity index (χ1v) is 10.6. The van der Waals surface area contributed by atoms with E-state index in [9.17, 15) is 13.2 Å². The lowest BCUT2D eigenvalue weighted by molar-refractivity contribution is 0.313. The molecule has 158 valence electrons. The highest BCUT2D eigenvalue weighted by Crippen LogP contribution is 2.28. The van der Waals surface area contributed by atoms with E-state index < -0.39 is 17.5 Å². The smallest absolute Gasteiger partial charge is 0.227 e. The Balaban J connectivity index is 1.90. The predicted molar refractivity (Wildman–Crippen MR) is 113 cm³/mol. The van der Waals surface area contributed by atoms with Crippen LogP contribution in [0.5, 0.6) is 5.75 Å². The standard InChI is InChI=1S/C21H21F3N4OS/c1-30-12-13-7-15(10-16(8-13)29-6-2-5-25)27-21-26-11-19(24)20(28-21)17-4-3-14(22)9-18(17)23/h3-4,7-11H,2,5-6,12,25H2,1H3,(H,26,27,28). The predicted octanol–water partition coefficient (Wildman–Crippen LogP) is 4.90. The second kappa shape index (κ2) is 10.3. The molecule has 0 saturated heterocycles. The second-order valence-electron chi connectivity index (χ2n) is 6.43. The Morgan fingerprint density at radius 1 is 1.10 bits per heavy atom. The largest absolute Gasteiger partial charge is 0.493 e. The van der Waals surface area contributed by atoms with Crippen molar-refractivity contribution in [2.75, 3.05) is 24.7 Å². The fraction of sp³-hybridized carbons (Fsp3) is 0.238. The van der Waals surface area contributed by atoms with Crippen molar-refractivity contribution in [1.82, 2.24) is 9.97 Å². The van der Waals surface area contributed by atoms with Crippen molar-refractivity contribution in [3.05, 3.63) is 65.6 Å². The van der Waals surface area contributed by atoms with Crippen LogP contribution in [0.3, 0.4) is 0 Å². The molecule has 3 aromatic rings. The maximum absolute atomic E-state index is 14.2. The van der Waals surface area contributed by atoms with Gasteiger partial charge in [-0.2, -0.15) is 11.8 Å². The van der Waals surface area contributed by atoms with Crippen molar-refractivity contribution in [3.63, 3.8) is 0 Å². The number of thioether (sulfide) groups is 1. The lowest BCUT2D eigenvalue weighted by Gasteiger charge is -2.12. The summed E-state index contributed by atoms with van der Waals surface area (Å²) in [5.41, 5.74) is 6.75. The van der Waals surface area contributed by atoms with Crippen LogP contribution in [0.2, 0.25) is 0 Å². The summed E-state index contributed by atoms with van der Waals surface area (Å²) >= 11 is 1.65. The fourth-order valence-corrected chi connectivity index (χ4v) is 3.27. The minimum atomic E-state index is -0.906. The van der Waals surface area contributed by atoms with Gasteiger partial charge in [0.25, 0.3) is 0 Å². The molecular formula is C21H21F3N4OS. The van der Waals surface area contributed by atoms with Crippen LogP contribution in [0, 0.1) is 17.5 Å². The highest BCUT2D eigenvalue weighted by atomic mass is 32.2. The van der Waals surface area contributed by atoms with Gasteiger partial charge in [-0.05, 0) is 49.1 Å². The second-order valence-corrected chi connectivity index (χ2v) is 7.29. The van der Waals surface area contributed by atoms with Gasteiger partial charge in [-0.25, -0.2) is 23.1 Å². The molecule has 3 N–H and O–H groups in total. The van der Waals surface area contributed by atoms with Crippen molar-refractivity contribution in [2.45, 2.75) is 12.2 Å². The van der Waals surface area contributed by atoms with E-state index in [4.69, 9.17) is 10.5 Å². The molecule has 0 aliphatic carbocycles. The first-order chi connectivity index (χ1) is 14.5. The topological polar surface area (TPSA) is 73.1 Å². The summed E-state index contributed by atoms with van der Waals surface area (Å²) in [5.74, 6) is -0.978. The molecule has 0 fully saturated rings. The number of nitrogens with one attached hydrogen (secondary N) is 1. The summed E-state index contributed by atoms with van der Waals surface area (Å²) in [5, 5.41) is 3.00. The van der Waals surface area contributed by atoms with E-state index >= 15 is 0 Å². The maximum atomic E-state index is 14.2. The van der Waals surface area contributed by atoms with Gasteiger partial charge in [0.1, 0.15) is 23.1 Å². The minimum Gasteiger partial charge on any atom is -0.493 e. The van der Waals surface area contributed by atoms with Gasteiger partial charge in [-0.15, -0.1) is 0 Å². The van der Waals surface area contributed by atoms with Crippen LogP contribution < -0.4 is 15.8 Å². The van der Waals surface area contributed by atoms with Crippen LogP contribution >= 0.6 is 11.8 Å². The number of nitrogens with two attached hydrogens (primary N) is 1. The average Bonchev–Trinajstić information content (AvgIpc) is 2.70. The van der Waals surface area contributed by atoms with E-state index in [1.807, 2.05) is 18.4 Å². The summed E-state index contributed by atoms with van der Waals surface area (Å²) in [6, 6.07) is 8.47. The SMILES string of the molecule is CSCc1cc(Nc2ncc(F)c(-c3ccc(F)cc3F)n2)cc(OCCCN)c1. The first kappa shape index (κ1) is 21.9. The van der Waals surface area contributed by atoms with Crippen molar-refractivity contribution in [2.24, 2.45) is 5.73 Å². The molecule has 5 nitrogen and oxygen atoms in total. The average molecular weight is 434 g/mol. The van der Waals surface area contributed by atoms with Gasteiger partial charge in [0.2, 0.25) is 5.95 Å². The molecule has 2 aromatic carbocycles. The number of hydrogen-bond donors (Lipinski definition) is 2. The zero-order valence-corrected chi connectivity index (χ0v) is 17.1. The third kappa shape index (κ3) is 5.64. The van der Waals surface area contributed by atoms with Gasteiger partial charge < -0.3 is 15.8 Å². The normalized spacial score (nSPS) is 10.8. The molecule has 0 saturated carbocycles. The Hall–Kier alpha value is -2.78. The van der Waals surface area contributed by atoms with Crippen molar-refractivity contribution < 1.29 is 17.9 Å². The van der Waals surface area contributed by atoms with E-state index in [-0.39, 0.29) is 17.2 Å². The van der Waals surface area contributed by atoms with E-state index in [0.717, 1.165) is 36.1 Å². The molecule has 0 atom stereocenters. The van der Waals surface area contributed by atoms with Gasteiger partial charge in [0.05, 0.1) is 12.8 Å². The third-order valence-electron chi connectivity index (χ3n) is 4.08. The molecule has 0 amide bonds. The molecule has 0 spiro atoms. The lowest BCUT2D eigenvalue weighted by atomic mass is 10.1. The van der Waals surface area contributed by atoms with Crippen molar-refractivity contribution in [3.8, 4) is 17.0 Å². The van der Waals surface area contributed by atoms with E-state index in [1.165, 1.54) is 0 Å². The zero-order chi connectivity index (χ0) is 21.5. The molecule has 0 unspecified atom stereocenters.